The van der Waals surface area contributed by atoms with Crippen molar-refractivity contribution in [3.63, 3.8) is 0 Å². The molecule has 1 rings (SSSR count). The lowest BCUT2D eigenvalue weighted by atomic mass is 9.76. The second-order valence-corrected chi connectivity index (χ2v) is 4.85. The molecular formula is C10H18BNO4. The van der Waals surface area contributed by atoms with E-state index in [2.05, 4.69) is 0 Å². The fourth-order valence-corrected chi connectivity index (χ4v) is 1.44. The topological polar surface area (TPSA) is 70.0 Å². The van der Waals surface area contributed by atoms with E-state index in [-0.39, 0.29) is 0 Å². The Morgan fingerprint density at radius 1 is 1.50 bits per heavy atom. The first kappa shape index (κ1) is 13.1. The quantitative estimate of drug-likeness (QED) is 0.653. The van der Waals surface area contributed by atoms with Gasteiger partial charge in [0, 0.05) is 12.7 Å². The van der Waals surface area contributed by atoms with Gasteiger partial charge >= 0.3 is 13.2 Å². The van der Waals surface area contributed by atoms with Crippen molar-refractivity contribution in [2.45, 2.75) is 39.2 Å². The molecule has 5 nitrogen and oxygen atoms in total. The van der Waals surface area contributed by atoms with Crippen LogP contribution in [0.25, 0.3) is 0 Å². The first-order valence-corrected chi connectivity index (χ1v) is 5.36. The van der Waals surface area contributed by atoms with Crippen molar-refractivity contribution in [1.82, 2.24) is 4.90 Å². The second-order valence-electron chi connectivity index (χ2n) is 4.85. The Kier molecular flexibility index (Phi) is 3.99. The largest absolute Gasteiger partial charge is 0.485 e. The fraction of sp³-hybridized carbons (Fsp3) is 0.700. The average molecular weight is 227 g/mol. The molecule has 90 valence electrons. The van der Waals surface area contributed by atoms with Crippen LogP contribution in [-0.4, -0.2) is 40.3 Å². The van der Waals surface area contributed by atoms with Gasteiger partial charge in [-0.1, -0.05) is 0 Å². The third-order valence-corrected chi connectivity index (χ3v) is 2.15. The summed E-state index contributed by atoms with van der Waals surface area (Å²) >= 11 is 0. The van der Waals surface area contributed by atoms with Gasteiger partial charge in [0.2, 0.25) is 0 Å². The summed E-state index contributed by atoms with van der Waals surface area (Å²) in [6.07, 6.45) is 2.31. The van der Waals surface area contributed by atoms with Gasteiger partial charge in [-0.25, -0.2) is 4.79 Å². The van der Waals surface area contributed by atoms with E-state index in [1.165, 1.54) is 11.1 Å². The molecule has 0 aromatic heterocycles. The van der Waals surface area contributed by atoms with Gasteiger partial charge in [0.15, 0.2) is 0 Å². The first-order chi connectivity index (χ1) is 7.29. The zero-order valence-electron chi connectivity index (χ0n) is 9.93. The molecule has 0 radical (unpaired) electrons. The van der Waals surface area contributed by atoms with Crippen LogP contribution in [0.5, 0.6) is 0 Å². The number of carbonyl (C=O) groups is 1. The third-order valence-electron chi connectivity index (χ3n) is 2.15. The van der Waals surface area contributed by atoms with Crippen molar-refractivity contribution in [2.75, 3.05) is 6.54 Å². The standard InChI is InChI=1S/C10H18BNO4/c1-10(2,3)16-9(13)12-6-4-5-8(7-12)11(14)15/h7,14-15H,4-6H2,1-3H3. The minimum atomic E-state index is -1.50. The molecule has 0 aromatic rings. The lowest BCUT2D eigenvalue weighted by Crippen LogP contribution is -2.37. The van der Waals surface area contributed by atoms with Gasteiger partial charge in [0.1, 0.15) is 5.60 Å². The highest BCUT2D eigenvalue weighted by molar-refractivity contribution is 6.50. The maximum Gasteiger partial charge on any atom is 0.485 e. The van der Waals surface area contributed by atoms with Crippen molar-refractivity contribution in [3.05, 3.63) is 11.7 Å². The number of nitrogens with zero attached hydrogens (tertiary/aromatic N) is 1. The van der Waals surface area contributed by atoms with Crippen LogP contribution in [0.3, 0.4) is 0 Å². The summed E-state index contributed by atoms with van der Waals surface area (Å²) in [6.45, 7) is 5.92. The van der Waals surface area contributed by atoms with Crippen LogP contribution < -0.4 is 0 Å². The summed E-state index contributed by atoms with van der Waals surface area (Å²) in [5.41, 5.74) is -0.0995. The Hall–Kier alpha value is -1.01. The predicted molar refractivity (Wildman–Crippen MR) is 60.4 cm³/mol. The smallest absolute Gasteiger partial charge is 0.443 e. The number of rotatable bonds is 1. The van der Waals surface area contributed by atoms with Crippen LogP contribution in [-0.2, 0) is 4.74 Å². The number of ether oxygens (including phenoxy) is 1. The molecule has 1 heterocycles. The molecule has 6 heteroatoms. The van der Waals surface area contributed by atoms with Gasteiger partial charge in [-0.15, -0.1) is 0 Å². The van der Waals surface area contributed by atoms with Crippen LogP contribution in [0, 0.1) is 0 Å². The van der Waals surface area contributed by atoms with Crippen molar-refractivity contribution in [1.29, 1.82) is 0 Å². The van der Waals surface area contributed by atoms with E-state index in [9.17, 15) is 4.79 Å². The molecule has 0 saturated heterocycles. The van der Waals surface area contributed by atoms with Crippen LogP contribution in [0.15, 0.2) is 11.7 Å². The van der Waals surface area contributed by atoms with E-state index in [0.29, 0.717) is 24.9 Å². The fourth-order valence-electron chi connectivity index (χ4n) is 1.44. The molecule has 0 unspecified atom stereocenters. The number of allylic oxidation sites excluding steroid dienone is 1. The van der Waals surface area contributed by atoms with E-state index in [0.717, 1.165) is 0 Å². The molecule has 0 spiro atoms. The minimum absolute atomic E-state index is 0.442. The van der Waals surface area contributed by atoms with Gasteiger partial charge in [-0.2, -0.15) is 0 Å². The van der Waals surface area contributed by atoms with Crippen LogP contribution in [0.1, 0.15) is 33.6 Å². The molecule has 0 fully saturated rings. The molecule has 2 N–H and O–H groups in total. The summed E-state index contributed by atoms with van der Waals surface area (Å²) in [7, 11) is -1.50. The minimum Gasteiger partial charge on any atom is -0.443 e. The lowest BCUT2D eigenvalue weighted by Gasteiger charge is -2.28. The van der Waals surface area contributed by atoms with Gasteiger partial charge < -0.3 is 14.8 Å². The predicted octanol–water partition coefficient (Wildman–Crippen LogP) is 0.913. The molecule has 1 aliphatic heterocycles. The van der Waals surface area contributed by atoms with Crippen LogP contribution in [0.4, 0.5) is 4.79 Å². The molecule has 1 amide bonds. The van der Waals surface area contributed by atoms with Crippen molar-refractivity contribution < 1.29 is 19.6 Å². The zero-order valence-corrected chi connectivity index (χ0v) is 9.93. The molecule has 0 aromatic carbocycles. The van der Waals surface area contributed by atoms with Crippen LogP contribution in [0.2, 0.25) is 0 Å². The van der Waals surface area contributed by atoms with Gasteiger partial charge in [-0.3, -0.25) is 4.90 Å². The molecule has 0 saturated carbocycles. The first-order valence-electron chi connectivity index (χ1n) is 5.36. The normalized spacial score (nSPS) is 16.8. The summed E-state index contributed by atoms with van der Waals surface area (Å²) in [5.74, 6) is 0. The Balaban J connectivity index is 2.67. The van der Waals surface area contributed by atoms with E-state index >= 15 is 0 Å². The zero-order chi connectivity index (χ0) is 12.3. The Labute approximate surface area is 95.8 Å². The maximum absolute atomic E-state index is 11.7. The lowest BCUT2D eigenvalue weighted by molar-refractivity contribution is 0.0325. The van der Waals surface area contributed by atoms with Gasteiger partial charge in [0.05, 0.1) is 0 Å². The Bertz CT molecular complexity index is 296. The van der Waals surface area contributed by atoms with E-state index in [1.807, 2.05) is 0 Å². The number of hydrogen-bond donors (Lipinski definition) is 2. The molecule has 1 aliphatic rings. The number of amides is 1. The van der Waals surface area contributed by atoms with Crippen molar-refractivity contribution in [3.8, 4) is 0 Å². The third kappa shape index (κ3) is 3.86. The number of carbonyl (C=O) groups excluding carboxylic acids is 1. The SMILES string of the molecule is CC(C)(C)OC(=O)N1C=C(B(O)O)CCC1. The summed E-state index contributed by atoms with van der Waals surface area (Å²) in [6, 6.07) is 0. The summed E-state index contributed by atoms with van der Waals surface area (Å²) in [5, 5.41) is 18.0. The number of hydrogen-bond acceptors (Lipinski definition) is 4. The highest BCUT2D eigenvalue weighted by Gasteiger charge is 2.26. The van der Waals surface area contributed by atoms with E-state index < -0.39 is 18.8 Å². The van der Waals surface area contributed by atoms with Gasteiger partial charge in [-0.05, 0) is 39.1 Å². The highest BCUT2D eigenvalue weighted by atomic mass is 16.6. The monoisotopic (exact) mass is 227 g/mol. The molecular weight excluding hydrogens is 209 g/mol. The average Bonchev–Trinajstić information content (AvgIpc) is 2.15. The van der Waals surface area contributed by atoms with Gasteiger partial charge in [0.25, 0.3) is 0 Å². The highest BCUT2D eigenvalue weighted by Crippen LogP contribution is 2.18. The summed E-state index contributed by atoms with van der Waals surface area (Å²) in [4.78, 5) is 13.1. The molecule has 0 bridgehead atoms. The van der Waals surface area contributed by atoms with E-state index in [4.69, 9.17) is 14.8 Å². The summed E-state index contributed by atoms with van der Waals surface area (Å²) < 4.78 is 5.18. The Morgan fingerprint density at radius 2 is 2.12 bits per heavy atom. The molecule has 0 aliphatic carbocycles. The maximum atomic E-state index is 11.7. The molecule has 16 heavy (non-hydrogen) atoms. The Morgan fingerprint density at radius 3 is 2.62 bits per heavy atom. The van der Waals surface area contributed by atoms with Crippen molar-refractivity contribution >= 4 is 13.2 Å². The van der Waals surface area contributed by atoms with Crippen LogP contribution >= 0.6 is 0 Å². The van der Waals surface area contributed by atoms with E-state index in [1.54, 1.807) is 20.8 Å². The molecule has 0 atom stereocenters. The van der Waals surface area contributed by atoms with Crippen molar-refractivity contribution in [2.24, 2.45) is 0 Å². The second kappa shape index (κ2) is 4.89.